The smallest absolute Gasteiger partial charge is 0.372 e. The van der Waals surface area contributed by atoms with Crippen LogP contribution >= 0.6 is 0 Å². The molecule has 2 N–H and O–H groups in total. The van der Waals surface area contributed by atoms with Crippen molar-refractivity contribution in [1.29, 1.82) is 0 Å². The molecular formula is C20H21F2N5O6. The molecule has 0 bridgehead atoms. The van der Waals surface area contributed by atoms with Crippen LogP contribution in [-0.2, 0) is 0 Å². The number of benzene rings is 2. The summed E-state index contributed by atoms with van der Waals surface area (Å²) in [5.74, 6) is -3.23. The van der Waals surface area contributed by atoms with Crippen LogP contribution in [-0.4, -0.2) is 56.7 Å². The molecule has 0 amide bonds. The van der Waals surface area contributed by atoms with Gasteiger partial charge < -0.3 is 24.6 Å². The van der Waals surface area contributed by atoms with Crippen molar-refractivity contribution in [3.63, 3.8) is 0 Å². The van der Waals surface area contributed by atoms with Gasteiger partial charge in [-0.3, -0.25) is 0 Å². The zero-order valence-corrected chi connectivity index (χ0v) is 17.9. The summed E-state index contributed by atoms with van der Waals surface area (Å²) in [7, 11) is 2.62. The van der Waals surface area contributed by atoms with Gasteiger partial charge in [0.15, 0.2) is 11.6 Å². The molecule has 11 nitrogen and oxygen atoms in total. The van der Waals surface area contributed by atoms with E-state index in [1.165, 1.54) is 31.3 Å². The molecule has 3 rings (SSSR count). The van der Waals surface area contributed by atoms with Crippen molar-refractivity contribution in [3.05, 3.63) is 58.0 Å². The normalized spacial score (nSPS) is 11.8. The number of ether oxygens (including phenoxy) is 2. The lowest BCUT2D eigenvalue weighted by atomic mass is 10.1. The van der Waals surface area contributed by atoms with Gasteiger partial charge >= 0.3 is 11.7 Å². The first kappa shape index (κ1) is 23.7. The Bertz CT molecular complexity index is 1210. The van der Waals surface area contributed by atoms with E-state index in [2.05, 4.69) is 10.4 Å². The van der Waals surface area contributed by atoms with Crippen molar-refractivity contribution in [2.24, 2.45) is 0 Å². The molecular weight excluding hydrogens is 444 g/mol. The minimum absolute atomic E-state index is 0.0205. The zero-order chi connectivity index (χ0) is 24.3. The van der Waals surface area contributed by atoms with E-state index >= 15 is 0 Å². The number of halogens is 2. The van der Waals surface area contributed by atoms with Crippen LogP contribution in [0.25, 0.3) is 5.69 Å². The molecule has 1 heterocycles. The third-order valence-corrected chi connectivity index (χ3v) is 4.76. The van der Waals surface area contributed by atoms with Gasteiger partial charge in [-0.2, -0.15) is 4.68 Å². The maximum Gasteiger partial charge on any atom is 0.372 e. The highest BCUT2D eigenvalue weighted by Gasteiger charge is 2.28. The number of nitrogens with zero attached hydrogens (tertiary/aromatic N) is 5. The van der Waals surface area contributed by atoms with Crippen LogP contribution in [0.1, 0.15) is 30.1 Å². The highest BCUT2D eigenvalue weighted by Crippen LogP contribution is 2.37. The standard InChI is InChI=1S/C20H21F2N5O6/c1-4-8-25(14-9-11(18(28)29)15(32-2)10-16(14)33-3)19(30)27-20(31)26(23-24-27)17-12(21)6-5-7-13(17)22/h5-7,9-10,19,30H,4,8H2,1-3H3,(H,28,29). The van der Waals surface area contributed by atoms with Gasteiger partial charge in [0.25, 0.3) is 0 Å². The Balaban J connectivity index is 2.13. The Labute approximate surface area is 186 Å². The van der Waals surface area contributed by atoms with Gasteiger partial charge in [0.2, 0.25) is 6.35 Å². The third kappa shape index (κ3) is 4.35. The number of hydrogen-bond acceptors (Lipinski definition) is 8. The summed E-state index contributed by atoms with van der Waals surface area (Å²) < 4.78 is 39.5. The Morgan fingerprint density at radius 1 is 1.15 bits per heavy atom. The van der Waals surface area contributed by atoms with Gasteiger partial charge in [-0.25, -0.2) is 18.4 Å². The number of anilines is 1. The number of carboxylic acids is 1. The molecule has 2 aromatic carbocycles. The van der Waals surface area contributed by atoms with Crippen LogP contribution in [0.15, 0.2) is 35.1 Å². The first-order valence-corrected chi connectivity index (χ1v) is 9.68. The minimum Gasteiger partial charge on any atom is -0.496 e. The average Bonchev–Trinajstić information content (AvgIpc) is 3.16. The summed E-state index contributed by atoms with van der Waals surface area (Å²) in [6.45, 7) is 1.90. The van der Waals surface area contributed by atoms with E-state index in [1.54, 1.807) is 6.92 Å². The predicted molar refractivity (Wildman–Crippen MR) is 111 cm³/mol. The number of carbonyl (C=O) groups is 1. The molecule has 0 saturated carbocycles. The second kappa shape index (κ2) is 9.65. The number of carboxylic acid groups (broad SMARTS) is 1. The Kier molecular flexibility index (Phi) is 6.92. The van der Waals surface area contributed by atoms with Gasteiger partial charge in [-0.05, 0) is 35.0 Å². The molecule has 33 heavy (non-hydrogen) atoms. The molecule has 3 aromatic rings. The highest BCUT2D eigenvalue weighted by atomic mass is 19.1. The number of rotatable bonds is 9. The molecule has 1 unspecified atom stereocenters. The van der Waals surface area contributed by atoms with Crippen molar-refractivity contribution in [1.82, 2.24) is 19.8 Å². The summed E-state index contributed by atoms with van der Waals surface area (Å²) in [5, 5.41) is 27.5. The average molecular weight is 465 g/mol. The number of aromatic carboxylic acids is 1. The highest BCUT2D eigenvalue weighted by molar-refractivity contribution is 5.93. The molecule has 1 aromatic heterocycles. The van der Waals surface area contributed by atoms with Crippen LogP contribution in [0.2, 0.25) is 0 Å². The molecule has 0 spiro atoms. The third-order valence-electron chi connectivity index (χ3n) is 4.76. The number of tetrazole rings is 1. The van der Waals surface area contributed by atoms with Crippen LogP contribution in [0.3, 0.4) is 0 Å². The fourth-order valence-corrected chi connectivity index (χ4v) is 3.24. The van der Waals surface area contributed by atoms with Crippen LogP contribution in [0.5, 0.6) is 11.5 Å². The van der Waals surface area contributed by atoms with E-state index in [4.69, 9.17) is 9.47 Å². The summed E-state index contributed by atoms with van der Waals surface area (Å²) >= 11 is 0. The molecule has 0 aliphatic rings. The Morgan fingerprint density at radius 3 is 2.33 bits per heavy atom. The Morgan fingerprint density at radius 2 is 1.79 bits per heavy atom. The lowest BCUT2D eigenvalue weighted by Crippen LogP contribution is -2.40. The largest absolute Gasteiger partial charge is 0.496 e. The van der Waals surface area contributed by atoms with Crippen LogP contribution < -0.4 is 20.1 Å². The maximum atomic E-state index is 14.1. The summed E-state index contributed by atoms with van der Waals surface area (Å²) in [6.07, 6.45) is -1.36. The van der Waals surface area contributed by atoms with Crippen molar-refractivity contribution in [2.45, 2.75) is 19.7 Å². The van der Waals surface area contributed by atoms with Crippen LogP contribution in [0.4, 0.5) is 14.5 Å². The fraction of sp³-hybridized carbons (Fsp3) is 0.300. The van der Waals surface area contributed by atoms with Gasteiger partial charge in [-0.1, -0.05) is 13.0 Å². The van der Waals surface area contributed by atoms with Gasteiger partial charge in [0.1, 0.15) is 22.7 Å². The van der Waals surface area contributed by atoms with E-state index in [-0.39, 0.29) is 29.3 Å². The lowest BCUT2D eigenvalue weighted by molar-refractivity contribution is 0.0690. The van der Waals surface area contributed by atoms with E-state index in [0.717, 1.165) is 18.2 Å². The predicted octanol–water partition coefficient (Wildman–Crippen LogP) is 1.79. The maximum absolute atomic E-state index is 14.1. The summed E-state index contributed by atoms with van der Waals surface area (Å²) in [5.41, 5.74) is -1.98. The van der Waals surface area contributed by atoms with Crippen LogP contribution in [0, 0.1) is 11.6 Å². The number of para-hydroxylation sites is 1. The van der Waals surface area contributed by atoms with E-state index in [1.807, 2.05) is 0 Å². The SMILES string of the molecule is CCCN(c1cc(C(=O)O)c(OC)cc1OC)C(O)n1nnn(-c2c(F)cccc2F)c1=O. The number of methoxy groups -OCH3 is 2. The summed E-state index contributed by atoms with van der Waals surface area (Å²) in [4.78, 5) is 25.7. The van der Waals surface area contributed by atoms with Gasteiger partial charge in [0.05, 0.1) is 19.9 Å². The molecule has 1 atom stereocenters. The molecule has 0 aliphatic carbocycles. The van der Waals surface area contributed by atoms with Crippen molar-refractivity contribution in [2.75, 3.05) is 25.7 Å². The first-order chi connectivity index (χ1) is 15.7. The second-order valence-corrected chi connectivity index (χ2v) is 6.76. The molecule has 0 radical (unpaired) electrons. The monoisotopic (exact) mass is 465 g/mol. The quantitative estimate of drug-likeness (QED) is 0.454. The number of hydrogen-bond donors (Lipinski definition) is 2. The van der Waals surface area contributed by atoms with Gasteiger partial charge in [-0.15, -0.1) is 4.68 Å². The summed E-state index contributed by atoms with van der Waals surface area (Å²) in [6, 6.07) is 5.55. The van der Waals surface area contributed by atoms with Crippen molar-refractivity contribution >= 4 is 11.7 Å². The molecule has 0 saturated heterocycles. The Hall–Kier alpha value is -4.00. The molecule has 176 valence electrons. The fourth-order valence-electron chi connectivity index (χ4n) is 3.24. The van der Waals surface area contributed by atoms with Gasteiger partial charge in [0, 0.05) is 12.6 Å². The molecule has 13 heteroatoms. The topological polar surface area (TPSA) is 132 Å². The molecule has 0 aliphatic heterocycles. The lowest BCUT2D eigenvalue weighted by Gasteiger charge is -2.30. The second-order valence-electron chi connectivity index (χ2n) is 6.76. The molecule has 0 fully saturated rings. The van der Waals surface area contributed by atoms with E-state index in [0.29, 0.717) is 15.8 Å². The zero-order valence-electron chi connectivity index (χ0n) is 17.9. The van der Waals surface area contributed by atoms with E-state index < -0.39 is 35.3 Å². The van der Waals surface area contributed by atoms with Crippen molar-refractivity contribution < 1.29 is 33.3 Å². The number of aliphatic hydroxyl groups is 1. The van der Waals surface area contributed by atoms with E-state index in [9.17, 15) is 28.6 Å². The minimum atomic E-state index is -1.81. The first-order valence-electron chi connectivity index (χ1n) is 9.68. The number of aliphatic hydroxyl groups excluding tert-OH is 1. The number of aromatic nitrogens is 4. The van der Waals surface area contributed by atoms with Crippen molar-refractivity contribution in [3.8, 4) is 17.2 Å².